The first-order chi connectivity index (χ1) is 9.97. The van der Waals surface area contributed by atoms with E-state index in [4.69, 9.17) is 0 Å². The predicted octanol–water partition coefficient (Wildman–Crippen LogP) is 1.66. The molecule has 0 bridgehead atoms. The number of hydrogen-bond donors (Lipinski definition) is 1. The Morgan fingerprint density at radius 2 is 1.64 bits per heavy atom. The molecular weight excluding hydrogens is 282 g/mol. The van der Waals surface area contributed by atoms with Crippen molar-refractivity contribution in [2.24, 2.45) is 0 Å². The van der Waals surface area contributed by atoms with Gasteiger partial charge in [-0.25, -0.2) is 4.79 Å². The molecule has 0 radical (unpaired) electrons. The number of carbonyl (C=O) groups is 3. The Hall–Kier alpha value is -1.85. The highest BCUT2D eigenvalue weighted by molar-refractivity contribution is 6.07. The van der Waals surface area contributed by atoms with Crippen LogP contribution >= 0.6 is 0 Å². The van der Waals surface area contributed by atoms with Gasteiger partial charge in [0, 0.05) is 31.0 Å². The molecule has 2 rings (SSSR count). The molecule has 0 aromatic heterocycles. The lowest BCUT2D eigenvalue weighted by Gasteiger charge is -2.57. The molecule has 0 unspecified atom stereocenters. The number of rotatable bonds is 1. The van der Waals surface area contributed by atoms with E-state index < -0.39 is 16.6 Å². The molecule has 0 saturated carbocycles. The molecule has 22 heavy (non-hydrogen) atoms. The number of imide groups is 1. The van der Waals surface area contributed by atoms with Gasteiger partial charge in [-0.15, -0.1) is 0 Å². The van der Waals surface area contributed by atoms with E-state index in [0.29, 0.717) is 12.8 Å². The third-order valence-electron chi connectivity index (χ3n) is 4.57. The number of allylic oxidation sites excluding steroid dienone is 1. The minimum atomic E-state index is -0.925. The topological polar surface area (TPSA) is 69.7 Å². The van der Waals surface area contributed by atoms with Crippen molar-refractivity contribution in [1.29, 1.82) is 0 Å². The second-order valence-corrected chi connectivity index (χ2v) is 7.53. The molecule has 0 aliphatic carbocycles. The number of likely N-dealkylation sites (N-methyl/N-ethyl adjacent to an activating group) is 1. The van der Waals surface area contributed by atoms with Crippen molar-refractivity contribution in [1.82, 2.24) is 15.1 Å². The van der Waals surface area contributed by atoms with Crippen LogP contribution in [0, 0.1) is 0 Å². The lowest BCUT2D eigenvalue weighted by atomic mass is 9.69. The third-order valence-corrected chi connectivity index (χ3v) is 4.57. The Bertz CT molecular complexity index is 545. The first kappa shape index (κ1) is 16.5. The number of nitrogens with one attached hydrogen (secondary N) is 1. The Morgan fingerprint density at radius 3 is 2.00 bits per heavy atom. The quantitative estimate of drug-likeness (QED) is 0.592. The van der Waals surface area contributed by atoms with E-state index in [1.165, 1.54) is 7.05 Å². The number of piperidine rings is 1. The van der Waals surface area contributed by atoms with Crippen molar-refractivity contribution in [3.63, 3.8) is 0 Å². The third kappa shape index (κ3) is 2.30. The fourth-order valence-electron chi connectivity index (χ4n) is 4.33. The van der Waals surface area contributed by atoms with Gasteiger partial charge in [-0.3, -0.25) is 14.5 Å². The van der Waals surface area contributed by atoms with Crippen molar-refractivity contribution in [2.75, 3.05) is 7.05 Å². The van der Waals surface area contributed by atoms with Crippen LogP contribution in [-0.4, -0.2) is 51.3 Å². The lowest BCUT2D eigenvalue weighted by molar-refractivity contribution is -0.154. The van der Waals surface area contributed by atoms with Gasteiger partial charge >= 0.3 is 6.03 Å². The van der Waals surface area contributed by atoms with Gasteiger partial charge in [-0.2, -0.15) is 0 Å². The summed E-state index contributed by atoms with van der Waals surface area (Å²) in [6.45, 7) is 9.56. The minimum Gasteiger partial charge on any atom is -0.329 e. The van der Waals surface area contributed by atoms with Crippen LogP contribution in [0.2, 0.25) is 0 Å². The normalized spacial score (nSPS) is 25.9. The molecular formula is C16H25N3O3. The minimum absolute atomic E-state index is 0.0718. The molecule has 6 heteroatoms. The summed E-state index contributed by atoms with van der Waals surface area (Å²) in [6.07, 6.45) is 4.07. The summed E-state index contributed by atoms with van der Waals surface area (Å²) in [7, 11) is 1.49. The van der Waals surface area contributed by atoms with Gasteiger partial charge in [0.05, 0.1) is 0 Å². The molecule has 2 aliphatic rings. The molecule has 0 atom stereocenters. The van der Waals surface area contributed by atoms with Gasteiger partial charge < -0.3 is 10.2 Å². The number of carbonyl (C=O) groups excluding carboxylic acids is 3. The van der Waals surface area contributed by atoms with Gasteiger partial charge in [-0.1, -0.05) is 6.08 Å². The van der Waals surface area contributed by atoms with E-state index in [1.54, 1.807) is 19.1 Å². The Labute approximate surface area is 131 Å². The zero-order chi connectivity index (χ0) is 16.9. The first-order valence-corrected chi connectivity index (χ1v) is 7.54. The van der Waals surface area contributed by atoms with Crippen LogP contribution < -0.4 is 5.32 Å². The largest absolute Gasteiger partial charge is 0.329 e. The van der Waals surface area contributed by atoms with Crippen LogP contribution in [0.4, 0.5) is 4.79 Å². The highest BCUT2D eigenvalue weighted by Crippen LogP contribution is 2.45. The maximum atomic E-state index is 12.6. The molecule has 0 aromatic carbocycles. The molecule has 2 saturated heterocycles. The summed E-state index contributed by atoms with van der Waals surface area (Å²) in [4.78, 5) is 40.0. The summed E-state index contributed by atoms with van der Waals surface area (Å²) >= 11 is 0. The summed E-state index contributed by atoms with van der Waals surface area (Å²) in [5.74, 6) is -0.283. The summed E-state index contributed by atoms with van der Waals surface area (Å²) in [5.41, 5.74) is -2.02. The highest BCUT2D eigenvalue weighted by atomic mass is 16.2. The maximum absolute atomic E-state index is 12.6. The van der Waals surface area contributed by atoms with Gasteiger partial charge in [0.1, 0.15) is 5.54 Å². The smallest absolute Gasteiger partial charge is 0.324 e. The van der Waals surface area contributed by atoms with E-state index in [2.05, 4.69) is 5.32 Å². The van der Waals surface area contributed by atoms with E-state index in [1.807, 2.05) is 32.6 Å². The van der Waals surface area contributed by atoms with Crippen molar-refractivity contribution in [3.05, 3.63) is 12.2 Å². The van der Waals surface area contributed by atoms with Crippen LogP contribution in [0.25, 0.3) is 0 Å². The molecule has 1 spiro atoms. The van der Waals surface area contributed by atoms with E-state index in [9.17, 15) is 14.4 Å². The molecule has 2 aliphatic heterocycles. The van der Waals surface area contributed by atoms with Crippen LogP contribution in [0.3, 0.4) is 0 Å². The van der Waals surface area contributed by atoms with Gasteiger partial charge in [0.15, 0.2) is 0 Å². The van der Waals surface area contributed by atoms with Crippen molar-refractivity contribution < 1.29 is 14.4 Å². The molecule has 0 aromatic rings. The number of likely N-dealkylation sites (tertiary alicyclic amines) is 1. The molecule has 2 fully saturated rings. The van der Waals surface area contributed by atoms with Crippen molar-refractivity contribution in [2.45, 2.75) is 64.1 Å². The van der Waals surface area contributed by atoms with E-state index >= 15 is 0 Å². The van der Waals surface area contributed by atoms with Gasteiger partial charge in [0.25, 0.3) is 5.91 Å². The van der Waals surface area contributed by atoms with Crippen LogP contribution in [0.15, 0.2) is 12.2 Å². The Balaban J connectivity index is 2.45. The first-order valence-electron chi connectivity index (χ1n) is 7.54. The Morgan fingerprint density at radius 1 is 1.14 bits per heavy atom. The maximum Gasteiger partial charge on any atom is 0.324 e. The fraction of sp³-hybridized carbons (Fsp3) is 0.688. The average molecular weight is 307 g/mol. The summed E-state index contributed by atoms with van der Waals surface area (Å²) in [5, 5.41) is 2.85. The SMILES string of the molecule is C/C=C/C(=O)N1C(C)(C)CC2(CC1(C)C)NC(=O)N(C)C2=O. The van der Waals surface area contributed by atoms with Gasteiger partial charge in [-0.05, 0) is 40.7 Å². The number of amides is 4. The van der Waals surface area contributed by atoms with E-state index in [0.717, 1.165) is 4.90 Å². The summed E-state index contributed by atoms with van der Waals surface area (Å²) < 4.78 is 0. The van der Waals surface area contributed by atoms with Gasteiger partial charge in [0.2, 0.25) is 5.91 Å². The van der Waals surface area contributed by atoms with Crippen LogP contribution in [-0.2, 0) is 9.59 Å². The second-order valence-electron chi connectivity index (χ2n) is 7.53. The number of urea groups is 1. The van der Waals surface area contributed by atoms with E-state index in [-0.39, 0.29) is 17.8 Å². The predicted molar refractivity (Wildman–Crippen MR) is 83.1 cm³/mol. The molecule has 2 heterocycles. The molecule has 4 amide bonds. The van der Waals surface area contributed by atoms with Crippen molar-refractivity contribution >= 4 is 17.8 Å². The molecule has 6 nitrogen and oxygen atoms in total. The Kier molecular flexibility index (Phi) is 3.62. The zero-order valence-corrected chi connectivity index (χ0v) is 14.2. The van der Waals surface area contributed by atoms with Crippen LogP contribution in [0.1, 0.15) is 47.5 Å². The number of nitrogens with zero attached hydrogens (tertiary/aromatic N) is 2. The standard InChI is InChI=1S/C16H25N3O3/c1-7-8-11(20)19-14(2,3)9-16(10-15(19,4)5)12(21)18(6)13(22)17-16/h7-8H,9-10H2,1-6H3,(H,17,22)/b8-7+. The lowest BCUT2D eigenvalue weighted by Crippen LogP contribution is -2.70. The average Bonchev–Trinajstić information content (AvgIpc) is 2.50. The zero-order valence-electron chi connectivity index (χ0n) is 14.2. The highest BCUT2D eigenvalue weighted by Gasteiger charge is 2.61. The molecule has 1 N–H and O–H groups in total. The molecule has 122 valence electrons. The fourth-order valence-corrected chi connectivity index (χ4v) is 4.33. The number of hydrogen-bond acceptors (Lipinski definition) is 3. The summed E-state index contributed by atoms with van der Waals surface area (Å²) in [6, 6.07) is -0.371. The van der Waals surface area contributed by atoms with Crippen LogP contribution in [0.5, 0.6) is 0 Å². The monoisotopic (exact) mass is 307 g/mol. The second kappa shape index (κ2) is 4.83. The van der Waals surface area contributed by atoms with Crippen molar-refractivity contribution in [3.8, 4) is 0 Å².